The third kappa shape index (κ3) is 3.33. The second-order valence-corrected chi connectivity index (χ2v) is 4.54. The zero-order valence-electron chi connectivity index (χ0n) is 11.1. The van der Waals surface area contributed by atoms with Crippen molar-refractivity contribution in [2.24, 2.45) is 0 Å². The van der Waals surface area contributed by atoms with Crippen molar-refractivity contribution < 1.29 is 10.0 Å². The van der Waals surface area contributed by atoms with E-state index in [-0.39, 0.29) is 5.69 Å². The smallest absolute Gasteiger partial charge is 0.269 e. The summed E-state index contributed by atoms with van der Waals surface area (Å²) in [4.78, 5) is 10.2. The van der Waals surface area contributed by atoms with Crippen LogP contribution in [0.3, 0.4) is 0 Å². The van der Waals surface area contributed by atoms with Gasteiger partial charge in [-0.05, 0) is 18.6 Å². The Morgan fingerprint density at radius 2 is 1.85 bits per heavy atom. The van der Waals surface area contributed by atoms with Gasteiger partial charge in [0.05, 0.1) is 11.0 Å². The predicted molar refractivity (Wildman–Crippen MR) is 77.5 cm³/mol. The Morgan fingerprint density at radius 1 is 1.20 bits per heavy atom. The molecule has 2 aromatic carbocycles. The summed E-state index contributed by atoms with van der Waals surface area (Å²) < 4.78 is 0. The van der Waals surface area contributed by atoms with Gasteiger partial charge in [0.25, 0.3) is 5.69 Å². The van der Waals surface area contributed by atoms with Crippen molar-refractivity contribution in [2.45, 2.75) is 19.6 Å². The molecule has 2 N–H and O–H groups in total. The third-order valence-electron chi connectivity index (χ3n) is 3.04. The van der Waals surface area contributed by atoms with Crippen LogP contribution in [0.5, 0.6) is 0 Å². The topological polar surface area (TPSA) is 75.4 Å². The summed E-state index contributed by atoms with van der Waals surface area (Å²) in [5.41, 5.74) is 2.71. The Morgan fingerprint density at radius 3 is 2.45 bits per heavy atom. The molecule has 0 amide bonds. The van der Waals surface area contributed by atoms with Crippen molar-refractivity contribution in [3.8, 4) is 0 Å². The first kappa shape index (κ1) is 14.0. The number of para-hydroxylation sites is 1. The van der Waals surface area contributed by atoms with Gasteiger partial charge >= 0.3 is 0 Å². The molecule has 2 rings (SSSR count). The number of anilines is 1. The van der Waals surface area contributed by atoms with Crippen molar-refractivity contribution in [2.75, 3.05) is 5.32 Å². The fraction of sp³-hybridized carbons (Fsp3) is 0.200. The maximum absolute atomic E-state index is 10.6. The second-order valence-electron chi connectivity index (χ2n) is 4.54. The van der Waals surface area contributed by atoms with Crippen LogP contribution in [0.25, 0.3) is 0 Å². The number of benzene rings is 2. The quantitative estimate of drug-likeness (QED) is 0.647. The van der Waals surface area contributed by atoms with E-state index < -0.39 is 11.0 Å². The third-order valence-corrected chi connectivity index (χ3v) is 3.04. The highest BCUT2D eigenvalue weighted by Gasteiger charge is 2.07. The molecule has 0 aliphatic rings. The molecule has 0 bridgehead atoms. The van der Waals surface area contributed by atoms with E-state index in [1.807, 2.05) is 24.3 Å². The molecule has 0 saturated heterocycles. The molecule has 5 heteroatoms. The summed E-state index contributed by atoms with van der Waals surface area (Å²) in [6.45, 7) is 2.26. The molecule has 0 saturated carbocycles. The van der Waals surface area contributed by atoms with E-state index in [4.69, 9.17) is 0 Å². The summed E-state index contributed by atoms with van der Waals surface area (Å²) in [6.07, 6.45) is -0.546. The Hall–Kier alpha value is -2.40. The summed E-state index contributed by atoms with van der Waals surface area (Å²) in [7, 11) is 0. The molecule has 1 unspecified atom stereocenters. The minimum Gasteiger partial charge on any atom is -0.389 e. The highest BCUT2D eigenvalue weighted by Crippen LogP contribution is 2.23. The van der Waals surface area contributed by atoms with E-state index in [9.17, 15) is 15.2 Å². The molecular weight excluding hydrogens is 256 g/mol. The van der Waals surface area contributed by atoms with E-state index in [2.05, 4.69) is 5.32 Å². The SMILES string of the molecule is CC(O)c1ccccc1NCc1ccc([N+](=O)[O-])cc1. The van der Waals surface area contributed by atoms with Crippen LogP contribution in [0, 0.1) is 10.1 Å². The van der Waals surface area contributed by atoms with E-state index in [1.165, 1.54) is 12.1 Å². The van der Waals surface area contributed by atoms with Gasteiger partial charge in [-0.3, -0.25) is 10.1 Å². The number of non-ortho nitro benzene ring substituents is 1. The van der Waals surface area contributed by atoms with Gasteiger partial charge in [0.15, 0.2) is 0 Å². The summed E-state index contributed by atoms with van der Waals surface area (Å²) >= 11 is 0. The lowest BCUT2D eigenvalue weighted by molar-refractivity contribution is -0.384. The van der Waals surface area contributed by atoms with Crippen LogP contribution >= 0.6 is 0 Å². The maximum atomic E-state index is 10.6. The number of hydrogen-bond donors (Lipinski definition) is 2. The highest BCUT2D eigenvalue weighted by molar-refractivity contribution is 5.52. The number of rotatable bonds is 5. The molecule has 0 aliphatic carbocycles. The van der Waals surface area contributed by atoms with Crippen molar-refractivity contribution >= 4 is 11.4 Å². The molecular formula is C15H16N2O3. The molecule has 0 fully saturated rings. The zero-order chi connectivity index (χ0) is 14.5. The predicted octanol–water partition coefficient (Wildman–Crippen LogP) is 3.26. The minimum absolute atomic E-state index is 0.0816. The molecule has 0 aliphatic heterocycles. The van der Waals surface area contributed by atoms with Crippen LogP contribution in [-0.2, 0) is 6.54 Å². The standard InChI is InChI=1S/C15H16N2O3/c1-11(18)14-4-2-3-5-15(14)16-10-12-6-8-13(9-7-12)17(19)20/h2-9,11,16,18H,10H2,1H3. The van der Waals surface area contributed by atoms with E-state index in [0.29, 0.717) is 6.54 Å². The number of nitro benzene ring substituents is 1. The average Bonchev–Trinajstić information content (AvgIpc) is 2.45. The van der Waals surface area contributed by atoms with E-state index in [0.717, 1.165) is 16.8 Å². The molecule has 0 heterocycles. The lowest BCUT2D eigenvalue weighted by Crippen LogP contribution is -2.04. The number of hydrogen-bond acceptors (Lipinski definition) is 4. The number of nitro groups is 1. The van der Waals surface area contributed by atoms with Gasteiger partial charge in [0.1, 0.15) is 0 Å². The summed E-state index contributed by atoms with van der Waals surface area (Å²) in [6, 6.07) is 13.9. The second kappa shape index (κ2) is 6.16. The molecule has 0 spiro atoms. The van der Waals surface area contributed by atoms with E-state index in [1.54, 1.807) is 19.1 Å². The lowest BCUT2D eigenvalue weighted by atomic mass is 10.1. The zero-order valence-corrected chi connectivity index (χ0v) is 11.1. The molecule has 5 nitrogen and oxygen atoms in total. The normalized spacial score (nSPS) is 11.9. The number of aliphatic hydroxyl groups excluding tert-OH is 1. The first-order valence-electron chi connectivity index (χ1n) is 6.32. The molecule has 0 radical (unpaired) electrons. The number of nitrogens with one attached hydrogen (secondary N) is 1. The van der Waals surface area contributed by atoms with Gasteiger partial charge in [-0.15, -0.1) is 0 Å². The molecule has 104 valence electrons. The lowest BCUT2D eigenvalue weighted by Gasteiger charge is -2.13. The molecule has 2 aromatic rings. The first-order valence-corrected chi connectivity index (χ1v) is 6.32. The van der Waals surface area contributed by atoms with Crippen LogP contribution in [0.2, 0.25) is 0 Å². The largest absolute Gasteiger partial charge is 0.389 e. The fourth-order valence-corrected chi connectivity index (χ4v) is 1.96. The Balaban J connectivity index is 2.07. The molecule has 20 heavy (non-hydrogen) atoms. The summed E-state index contributed by atoms with van der Waals surface area (Å²) in [5, 5.41) is 23.5. The fourth-order valence-electron chi connectivity index (χ4n) is 1.96. The van der Waals surface area contributed by atoms with Crippen molar-refractivity contribution in [1.82, 2.24) is 0 Å². The van der Waals surface area contributed by atoms with E-state index >= 15 is 0 Å². The number of aliphatic hydroxyl groups is 1. The Bertz CT molecular complexity index is 594. The van der Waals surface area contributed by atoms with Gasteiger partial charge in [-0.1, -0.05) is 30.3 Å². The summed E-state index contributed by atoms with van der Waals surface area (Å²) in [5.74, 6) is 0. The monoisotopic (exact) mass is 272 g/mol. The number of nitrogens with zero attached hydrogens (tertiary/aromatic N) is 1. The van der Waals surface area contributed by atoms with Crippen molar-refractivity contribution in [3.63, 3.8) is 0 Å². The Labute approximate surface area is 117 Å². The van der Waals surface area contributed by atoms with Gasteiger partial charge in [0, 0.05) is 29.9 Å². The molecule has 1 atom stereocenters. The van der Waals surface area contributed by atoms with Crippen molar-refractivity contribution in [1.29, 1.82) is 0 Å². The first-order chi connectivity index (χ1) is 9.58. The van der Waals surface area contributed by atoms with Crippen molar-refractivity contribution in [3.05, 3.63) is 69.8 Å². The van der Waals surface area contributed by atoms with Crippen LogP contribution in [0.4, 0.5) is 11.4 Å². The minimum atomic E-state index is -0.546. The Kier molecular flexibility index (Phi) is 4.32. The molecule has 0 aromatic heterocycles. The maximum Gasteiger partial charge on any atom is 0.269 e. The van der Waals surface area contributed by atoms with Gasteiger partial charge in [0.2, 0.25) is 0 Å². The van der Waals surface area contributed by atoms with Gasteiger partial charge in [-0.2, -0.15) is 0 Å². The van der Waals surface area contributed by atoms with Crippen LogP contribution < -0.4 is 5.32 Å². The van der Waals surface area contributed by atoms with Crippen LogP contribution in [-0.4, -0.2) is 10.0 Å². The van der Waals surface area contributed by atoms with Crippen LogP contribution in [0.15, 0.2) is 48.5 Å². The van der Waals surface area contributed by atoms with Gasteiger partial charge in [-0.25, -0.2) is 0 Å². The van der Waals surface area contributed by atoms with Crippen LogP contribution in [0.1, 0.15) is 24.2 Å². The highest BCUT2D eigenvalue weighted by atomic mass is 16.6. The van der Waals surface area contributed by atoms with Gasteiger partial charge < -0.3 is 10.4 Å². The average molecular weight is 272 g/mol.